The number of Topliss-reactive ketones (excluding diaryl/α,β-unsaturated/α-hetero) is 1. The van der Waals surface area contributed by atoms with E-state index in [9.17, 15) is 18.0 Å². The van der Waals surface area contributed by atoms with Gasteiger partial charge in [0.25, 0.3) is 0 Å². The summed E-state index contributed by atoms with van der Waals surface area (Å²) in [5.41, 5.74) is 1.20. The molecule has 0 amide bonds. The van der Waals surface area contributed by atoms with Gasteiger partial charge in [-0.1, -0.05) is 35.9 Å². The van der Waals surface area contributed by atoms with E-state index >= 15 is 0 Å². The Labute approximate surface area is 164 Å². The molecule has 0 heterocycles. The molecule has 0 saturated carbocycles. The lowest BCUT2D eigenvalue weighted by atomic mass is 10.1. The topological polar surface area (TPSA) is 86.7 Å². The van der Waals surface area contributed by atoms with E-state index in [0.29, 0.717) is 0 Å². The Kier molecular flexibility index (Phi) is 7.28. The first-order chi connectivity index (χ1) is 13.3. The number of ether oxygens (including phenoxy) is 1. The van der Waals surface area contributed by atoms with Gasteiger partial charge in [-0.25, -0.2) is 4.79 Å². The maximum atomic E-state index is 12.3. The predicted molar refractivity (Wildman–Crippen MR) is 105 cm³/mol. The highest BCUT2D eigenvalue weighted by molar-refractivity contribution is 7.87. The fourth-order valence-corrected chi connectivity index (χ4v) is 3.02. The molecule has 6 nitrogen and oxygen atoms in total. The van der Waals surface area contributed by atoms with E-state index in [0.717, 1.165) is 5.56 Å². The standard InChI is InChI=1S/C21H20O6S/c1-3-4-5-6-21(23)26-15-20(22)17-9-11-18(12-10-17)27-28(24,25)19-13-7-16(2)8-14-19/h3-14H,15H2,1-2H3. The van der Waals surface area contributed by atoms with Gasteiger partial charge < -0.3 is 8.92 Å². The first-order valence-electron chi connectivity index (χ1n) is 8.42. The van der Waals surface area contributed by atoms with Crippen molar-refractivity contribution in [3.05, 3.63) is 84.0 Å². The summed E-state index contributed by atoms with van der Waals surface area (Å²) in [6.45, 7) is 3.24. The van der Waals surface area contributed by atoms with Crippen LogP contribution in [0.3, 0.4) is 0 Å². The van der Waals surface area contributed by atoms with Crippen molar-refractivity contribution in [3.63, 3.8) is 0 Å². The molecule has 0 bridgehead atoms. The summed E-state index contributed by atoms with van der Waals surface area (Å²) in [6, 6.07) is 11.8. The average Bonchev–Trinajstić information content (AvgIpc) is 2.67. The third-order valence-corrected chi connectivity index (χ3v) is 4.83. The van der Waals surface area contributed by atoms with E-state index in [4.69, 9.17) is 8.92 Å². The molecule has 2 aromatic rings. The van der Waals surface area contributed by atoms with Crippen molar-refractivity contribution in [3.8, 4) is 5.75 Å². The molecule has 28 heavy (non-hydrogen) atoms. The summed E-state index contributed by atoms with van der Waals surface area (Å²) in [7, 11) is -3.96. The second kappa shape index (κ2) is 9.66. The number of aryl methyl sites for hydroxylation is 1. The highest BCUT2D eigenvalue weighted by Crippen LogP contribution is 2.20. The zero-order chi connectivity index (χ0) is 20.6. The van der Waals surface area contributed by atoms with Gasteiger partial charge >= 0.3 is 16.1 Å². The van der Waals surface area contributed by atoms with Gasteiger partial charge in [-0.2, -0.15) is 8.42 Å². The zero-order valence-electron chi connectivity index (χ0n) is 15.5. The number of hydrogen-bond acceptors (Lipinski definition) is 6. The van der Waals surface area contributed by atoms with Crippen molar-refractivity contribution >= 4 is 21.9 Å². The van der Waals surface area contributed by atoms with Crippen molar-refractivity contribution in [1.82, 2.24) is 0 Å². The summed E-state index contributed by atoms with van der Waals surface area (Å²) in [5, 5.41) is 0. The third kappa shape index (κ3) is 6.21. The molecule has 0 unspecified atom stereocenters. The van der Waals surface area contributed by atoms with E-state index in [2.05, 4.69) is 0 Å². The number of benzene rings is 2. The van der Waals surface area contributed by atoms with Gasteiger partial charge in [-0.05, 0) is 50.2 Å². The van der Waals surface area contributed by atoms with Crippen molar-refractivity contribution in [1.29, 1.82) is 0 Å². The molecule has 0 aliphatic rings. The second-order valence-electron chi connectivity index (χ2n) is 5.79. The first kappa shape index (κ1) is 21.1. The molecule has 7 heteroatoms. The number of rotatable bonds is 8. The largest absolute Gasteiger partial charge is 0.454 e. The quantitative estimate of drug-likeness (QED) is 0.221. The molecule has 0 radical (unpaired) electrons. The number of hydrogen-bond donors (Lipinski definition) is 0. The van der Waals surface area contributed by atoms with Crippen molar-refractivity contribution in [2.45, 2.75) is 18.7 Å². The van der Waals surface area contributed by atoms with Gasteiger partial charge in [-0.3, -0.25) is 4.79 Å². The van der Waals surface area contributed by atoms with Gasteiger partial charge in [0.15, 0.2) is 12.4 Å². The van der Waals surface area contributed by atoms with Gasteiger partial charge in [0, 0.05) is 11.6 Å². The molecule has 2 rings (SSSR count). The van der Waals surface area contributed by atoms with Crippen LogP contribution in [0.4, 0.5) is 0 Å². The summed E-state index contributed by atoms with van der Waals surface area (Å²) in [5.74, 6) is -0.972. The Balaban J connectivity index is 1.98. The average molecular weight is 400 g/mol. The van der Waals surface area contributed by atoms with Crippen molar-refractivity contribution < 1.29 is 26.9 Å². The number of carbonyl (C=O) groups is 2. The normalized spacial score (nSPS) is 11.6. The van der Waals surface area contributed by atoms with Crippen LogP contribution in [0.15, 0.2) is 77.7 Å². The summed E-state index contributed by atoms with van der Waals surface area (Å²) in [6.07, 6.45) is 6.12. The Bertz CT molecular complexity index is 984. The molecule has 0 aromatic heterocycles. The summed E-state index contributed by atoms with van der Waals surface area (Å²) < 4.78 is 34.4. The van der Waals surface area contributed by atoms with Gasteiger partial charge in [0.05, 0.1) is 0 Å². The van der Waals surface area contributed by atoms with E-state index in [1.54, 1.807) is 31.2 Å². The van der Waals surface area contributed by atoms with Crippen LogP contribution in [0.25, 0.3) is 0 Å². The molecule has 146 valence electrons. The lowest BCUT2D eigenvalue weighted by Crippen LogP contribution is -2.13. The van der Waals surface area contributed by atoms with Crippen LogP contribution in [0.5, 0.6) is 5.75 Å². The van der Waals surface area contributed by atoms with E-state index in [1.807, 2.05) is 6.92 Å². The van der Waals surface area contributed by atoms with Crippen LogP contribution in [-0.2, 0) is 19.6 Å². The molecule has 0 fully saturated rings. The van der Waals surface area contributed by atoms with E-state index in [-0.39, 0.29) is 16.2 Å². The Morgan fingerprint density at radius 2 is 1.61 bits per heavy atom. The van der Waals surface area contributed by atoms with Crippen molar-refractivity contribution in [2.75, 3.05) is 6.61 Å². The monoisotopic (exact) mass is 400 g/mol. The van der Waals surface area contributed by atoms with Gasteiger partial charge in [-0.15, -0.1) is 0 Å². The fraction of sp³-hybridized carbons (Fsp3) is 0.143. The van der Waals surface area contributed by atoms with Crippen LogP contribution >= 0.6 is 0 Å². The number of carbonyl (C=O) groups excluding carboxylic acids is 2. The summed E-state index contributed by atoms with van der Waals surface area (Å²) in [4.78, 5) is 23.5. The number of esters is 1. The molecule has 0 N–H and O–H groups in total. The van der Waals surface area contributed by atoms with E-state index < -0.39 is 28.5 Å². The SMILES string of the molecule is CC=CC=CC(=O)OCC(=O)c1ccc(OS(=O)(=O)c2ccc(C)cc2)cc1. The Hall–Kier alpha value is -3.19. The molecule has 0 atom stereocenters. The fourth-order valence-electron chi connectivity index (χ4n) is 2.09. The van der Waals surface area contributed by atoms with Crippen LogP contribution in [0.2, 0.25) is 0 Å². The maximum absolute atomic E-state index is 12.3. The minimum absolute atomic E-state index is 0.0381. The molecule has 0 saturated heterocycles. The lowest BCUT2D eigenvalue weighted by Gasteiger charge is -2.08. The highest BCUT2D eigenvalue weighted by atomic mass is 32.2. The number of allylic oxidation sites excluding steroid dienone is 3. The first-order valence-corrected chi connectivity index (χ1v) is 9.83. The van der Waals surface area contributed by atoms with E-state index in [1.165, 1.54) is 48.6 Å². The number of ketones is 1. The lowest BCUT2D eigenvalue weighted by molar-refractivity contribution is -0.136. The van der Waals surface area contributed by atoms with Crippen LogP contribution in [0, 0.1) is 6.92 Å². The molecular formula is C21H20O6S. The Morgan fingerprint density at radius 1 is 0.964 bits per heavy atom. The smallest absolute Gasteiger partial charge is 0.339 e. The van der Waals surface area contributed by atoms with Crippen LogP contribution in [-0.4, -0.2) is 26.8 Å². The maximum Gasteiger partial charge on any atom is 0.339 e. The van der Waals surface area contributed by atoms with Gasteiger partial charge in [0.1, 0.15) is 10.6 Å². The summed E-state index contributed by atoms with van der Waals surface area (Å²) >= 11 is 0. The molecule has 2 aromatic carbocycles. The third-order valence-electron chi connectivity index (χ3n) is 3.57. The zero-order valence-corrected chi connectivity index (χ0v) is 16.3. The Morgan fingerprint density at radius 3 is 2.21 bits per heavy atom. The predicted octanol–water partition coefficient (Wildman–Crippen LogP) is 3.62. The van der Waals surface area contributed by atoms with Gasteiger partial charge in [0.2, 0.25) is 0 Å². The second-order valence-corrected chi connectivity index (χ2v) is 7.34. The van der Waals surface area contributed by atoms with Crippen LogP contribution < -0.4 is 4.18 Å². The highest BCUT2D eigenvalue weighted by Gasteiger charge is 2.17. The molecule has 0 aliphatic heterocycles. The molecule has 0 aliphatic carbocycles. The molecule has 0 spiro atoms. The molecular weight excluding hydrogens is 380 g/mol. The minimum Gasteiger partial charge on any atom is -0.454 e. The minimum atomic E-state index is -3.96. The van der Waals surface area contributed by atoms with Crippen molar-refractivity contribution in [2.24, 2.45) is 0 Å². The van der Waals surface area contributed by atoms with Crippen LogP contribution in [0.1, 0.15) is 22.8 Å².